The Morgan fingerprint density at radius 1 is 0.917 bits per heavy atom. The largest absolute Gasteiger partial charge is 0.497 e. The zero-order chi connectivity index (χ0) is 17.6. The van der Waals surface area contributed by atoms with Gasteiger partial charge < -0.3 is 14.6 Å². The SMILES string of the molecule is CCCC(O)COc1ccc(C(C)(C)c2ccc(OC)cc2)cc1. The van der Waals surface area contributed by atoms with E-state index < -0.39 is 6.10 Å². The molecule has 2 aromatic carbocycles. The third-order valence-electron chi connectivity index (χ3n) is 4.45. The summed E-state index contributed by atoms with van der Waals surface area (Å²) in [5, 5.41) is 9.75. The molecule has 2 rings (SSSR count). The first kappa shape index (κ1) is 18.3. The molecule has 3 heteroatoms. The summed E-state index contributed by atoms with van der Waals surface area (Å²) in [6, 6.07) is 16.3. The van der Waals surface area contributed by atoms with Crippen LogP contribution in [0, 0.1) is 0 Å². The summed E-state index contributed by atoms with van der Waals surface area (Å²) in [6.45, 7) is 6.81. The Morgan fingerprint density at radius 3 is 1.88 bits per heavy atom. The maximum atomic E-state index is 9.75. The van der Waals surface area contributed by atoms with Crippen LogP contribution in [0.5, 0.6) is 11.5 Å². The fraction of sp³-hybridized carbons (Fsp3) is 0.429. The average molecular weight is 328 g/mol. The van der Waals surface area contributed by atoms with Crippen molar-refractivity contribution in [1.82, 2.24) is 0 Å². The highest BCUT2D eigenvalue weighted by molar-refractivity contribution is 5.41. The van der Waals surface area contributed by atoms with E-state index in [1.165, 1.54) is 11.1 Å². The second kappa shape index (κ2) is 8.20. The molecular formula is C21H28O3. The lowest BCUT2D eigenvalue weighted by Crippen LogP contribution is -2.19. The van der Waals surface area contributed by atoms with Crippen LogP contribution in [0.4, 0.5) is 0 Å². The van der Waals surface area contributed by atoms with Gasteiger partial charge in [0.05, 0.1) is 13.2 Å². The summed E-state index contributed by atoms with van der Waals surface area (Å²) in [6.07, 6.45) is 1.33. The van der Waals surface area contributed by atoms with Gasteiger partial charge in [0.25, 0.3) is 0 Å². The standard InChI is InChI=1S/C21H28O3/c1-5-6-18(22)15-24-20-13-9-17(10-14-20)21(2,3)16-7-11-19(23-4)12-8-16/h7-14,18,22H,5-6,15H2,1-4H3. The first-order chi connectivity index (χ1) is 11.5. The van der Waals surface area contributed by atoms with E-state index in [-0.39, 0.29) is 5.41 Å². The van der Waals surface area contributed by atoms with Crippen LogP contribution in [0.25, 0.3) is 0 Å². The smallest absolute Gasteiger partial charge is 0.119 e. The second-order valence-corrected chi connectivity index (χ2v) is 6.63. The van der Waals surface area contributed by atoms with E-state index in [4.69, 9.17) is 9.47 Å². The minimum absolute atomic E-state index is 0.105. The van der Waals surface area contributed by atoms with Gasteiger partial charge in [-0.2, -0.15) is 0 Å². The van der Waals surface area contributed by atoms with Gasteiger partial charge in [-0.05, 0) is 41.8 Å². The summed E-state index contributed by atoms with van der Waals surface area (Å²) >= 11 is 0. The number of hydrogen-bond acceptors (Lipinski definition) is 3. The Hall–Kier alpha value is -2.00. The Labute approximate surface area is 145 Å². The lowest BCUT2D eigenvalue weighted by Gasteiger charge is -2.26. The highest BCUT2D eigenvalue weighted by atomic mass is 16.5. The highest BCUT2D eigenvalue weighted by Gasteiger charge is 2.23. The molecule has 1 atom stereocenters. The molecule has 0 aromatic heterocycles. The van der Waals surface area contributed by atoms with E-state index in [9.17, 15) is 5.11 Å². The van der Waals surface area contributed by atoms with Crippen molar-refractivity contribution in [3.63, 3.8) is 0 Å². The van der Waals surface area contributed by atoms with Crippen molar-refractivity contribution in [1.29, 1.82) is 0 Å². The van der Waals surface area contributed by atoms with Gasteiger partial charge in [-0.3, -0.25) is 0 Å². The minimum Gasteiger partial charge on any atom is -0.497 e. The van der Waals surface area contributed by atoms with Gasteiger partial charge in [0.15, 0.2) is 0 Å². The van der Waals surface area contributed by atoms with Crippen molar-refractivity contribution in [2.75, 3.05) is 13.7 Å². The van der Waals surface area contributed by atoms with E-state index >= 15 is 0 Å². The van der Waals surface area contributed by atoms with Crippen molar-refractivity contribution in [2.24, 2.45) is 0 Å². The first-order valence-corrected chi connectivity index (χ1v) is 8.53. The average Bonchev–Trinajstić information content (AvgIpc) is 2.60. The Morgan fingerprint density at radius 2 is 1.42 bits per heavy atom. The Balaban J connectivity index is 2.07. The molecule has 0 spiro atoms. The van der Waals surface area contributed by atoms with E-state index in [0.717, 1.165) is 24.3 Å². The minimum atomic E-state index is -0.398. The topological polar surface area (TPSA) is 38.7 Å². The number of aliphatic hydroxyl groups is 1. The number of rotatable bonds is 8. The molecule has 0 aliphatic rings. The van der Waals surface area contributed by atoms with Crippen LogP contribution >= 0.6 is 0 Å². The summed E-state index contributed by atoms with van der Waals surface area (Å²) < 4.78 is 10.9. The molecule has 2 aromatic rings. The summed E-state index contributed by atoms with van der Waals surface area (Å²) in [4.78, 5) is 0. The quantitative estimate of drug-likeness (QED) is 0.772. The van der Waals surface area contributed by atoms with Gasteiger partial charge in [-0.1, -0.05) is 51.5 Å². The number of ether oxygens (including phenoxy) is 2. The van der Waals surface area contributed by atoms with Crippen molar-refractivity contribution >= 4 is 0 Å². The Bertz CT molecular complexity index is 615. The van der Waals surface area contributed by atoms with Crippen LogP contribution in [-0.2, 0) is 5.41 Å². The normalized spacial score (nSPS) is 12.7. The Kier molecular flexibility index (Phi) is 6.27. The summed E-state index contributed by atoms with van der Waals surface area (Å²) in [5.41, 5.74) is 2.34. The van der Waals surface area contributed by atoms with Gasteiger partial charge in [0.2, 0.25) is 0 Å². The molecule has 0 heterocycles. The molecular weight excluding hydrogens is 300 g/mol. The lowest BCUT2D eigenvalue weighted by molar-refractivity contribution is 0.0993. The third-order valence-corrected chi connectivity index (χ3v) is 4.45. The monoisotopic (exact) mass is 328 g/mol. The zero-order valence-corrected chi connectivity index (χ0v) is 15.1. The number of aliphatic hydroxyl groups excluding tert-OH is 1. The molecule has 0 aliphatic carbocycles. The molecule has 1 N–H and O–H groups in total. The highest BCUT2D eigenvalue weighted by Crippen LogP contribution is 2.33. The lowest BCUT2D eigenvalue weighted by atomic mass is 9.78. The van der Waals surface area contributed by atoms with Crippen LogP contribution in [0.1, 0.15) is 44.7 Å². The van der Waals surface area contributed by atoms with E-state index in [0.29, 0.717) is 6.61 Å². The molecule has 130 valence electrons. The van der Waals surface area contributed by atoms with Crippen molar-refractivity contribution in [3.05, 3.63) is 59.7 Å². The van der Waals surface area contributed by atoms with Crippen molar-refractivity contribution in [2.45, 2.75) is 45.1 Å². The molecule has 0 saturated carbocycles. The van der Waals surface area contributed by atoms with Crippen molar-refractivity contribution in [3.8, 4) is 11.5 Å². The molecule has 3 nitrogen and oxygen atoms in total. The zero-order valence-electron chi connectivity index (χ0n) is 15.1. The second-order valence-electron chi connectivity index (χ2n) is 6.63. The molecule has 0 amide bonds. The summed E-state index contributed by atoms with van der Waals surface area (Å²) in [5.74, 6) is 1.66. The van der Waals surface area contributed by atoms with Gasteiger partial charge in [0, 0.05) is 5.41 Å². The molecule has 0 aliphatic heterocycles. The van der Waals surface area contributed by atoms with Crippen LogP contribution in [0.15, 0.2) is 48.5 Å². The van der Waals surface area contributed by atoms with Crippen LogP contribution < -0.4 is 9.47 Å². The fourth-order valence-corrected chi connectivity index (χ4v) is 2.75. The molecule has 0 fully saturated rings. The molecule has 0 bridgehead atoms. The molecule has 24 heavy (non-hydrogen) atoms. The maximum absolute atomic E-state index is 9.75. The third kappa shape index (κ3) is 4.51. The van der Waals surface area contributed by atoms with Gasteiger partial charge >= 0.3 is 0 Å². The van der Waals surface area contributed by atoms with Crippen LogP contribution in [0.2, 0.25) is 0 Å². The van der Waals surface area contributed by atoms with Crippen molar-refractivity contribution < 1.29 is 14.6 Å². The van der Waals surface area contributed by atoms with Crippen LogP contribution in [0.3, 0.4) is 0 Å². The van der Waals surface area contributed by atoms with Gasteiger partial charge in [-0.15, -0.1) is 0 Å². The predicted octanol–water partition coefficient (Wildman–Crippen LogP) is 4.56. The fourth-order valence-electron chi connectivity index (χ4n) is 2.75. The van der Waals surface area contributed by atoms with Gasteiger partial charge in [0.1, 0.15) is 18.1 Å². The van der Waals surface area contributed by atoms with E-state index in [1.54, 1.807) is 7.11 Å². The number of methoxy groups -OCH3 is 1. The molecule has 1 unspecified atom stereocenters. The van der Waals surface area contributed by atoms with Gasteiger partial charge in [-0.25, -0.2) is 0 Å². The molecule has 0 saturated heterocycles. The number of benzene rings is 2. The number of hydrogen-bond donors (Lipinski definition) is 1. The predicted molar refractivity (Wildman–Crippen MR) is 98.0 cm³/mol. The van der Waals surface area contributed by atoms with E-state index in [1.807, 2.05) is 24.3 Å². The maximum Gasteiger partial charge on any atom is 0.119 e. The van der Waals surface area contributed by atoms with E-state index in [2.05, 4.69) is 45.0 Å². The first-order valence-electron chi connectivity index (χ1n) is 8.53. The summed E-state index contributed by atoms with van der Waals surface area (Å²) in [7, 11) is 1.68. The van der Waals surface area contributed by atoms with Crippen LogP contribution in [-0.4, -0.2) is 24.9 Å². The molecule has 0 radical (unpaired) electrons.